The summed E-state index contributed by atoms with van der Waals surface area (Å²) in [6.45, 7) is 0. The molecule has 0 atom stereocenters. The number of fused-ring (bicyclic) bond motifs is 2. The summed E-state index contributed by atoms with van der Waals surface area (Å²) in [5, 5.41) is 2.86. The lowest BCUT2D eigenvalue weighted by Crippen LogP contribution is -2.04. The zero-order chi connectivity index (χ0) is 15.8. The lowest BCUT2D eigenvalue weighted by Gasteiger charge is -2.09. The van der Waals surface area contributed by atoms with Gasteiger partial charge in [0.1, 0.15) is 11.3 Å². The molecule has 23 heavy (non-hydrogen) atoms. The number of rotatable bonds is 2. The Hall–Kier alpha value is -3.07. The quantitative estimate of drug-likeness (QED) is 0.487. The maximum Gasteiger partial charge on any atom is 0.339 e. The van der Waals surface area contributed by atoms with Crippen molar-refractivity contribution in [3.63, 3.8) is 0 Å². The van der Waals surface area contributed by atoms with Gasteiger partial charge in [0.15, 0.2) is 0 Å². The van der Waals surface area contributed by atoms with Gasteiger partial charge in [0.05, 0.1) is 12.7 Å². The minimum atomic E-state index is -0.364. The van der Waals surface area contributed by atoms with E-state index in [0.717, 1.165) is 27.3 Å². The third kappa shape index (κ3) is 2.18. The molecule has 0 N–H and O–H groups in total. The number of hydrogen-bond acceptors (Lipinski definition) is 3. The smallest absolute Gasteiger partial charge is 0.339 e. The first kappa shape index (κ1) is 13.6. The molecule has 0 bridgehead atoms. The highest BCUT2D eigenvalue weighted by molar-refractivity contribution is 6.10. The molecular weight excluding hydrogens is 288 g/mol. The summed E-state index contributed by atoms with van der Waals surface area (Å²) < 4.78 is 10.9. The minimum absolute atomic E-state index is 0.364. The Morgan fingerprint density at radius 2 is 1.65 bits per heavy atom. The Balaban J connectivity index is 2.04. The van der Waals surface area contributed by atoms with Crippen molar-refractivity contribution in [1.29, 1.82) is 0 Å². The van der Waals surface area contributed by atoms with E-state index >= 15 is 0 Å². The van der Waals surface area contributed by atoms with Gasteiger partial charge in [-0.1, -0.05) is 48.5 Å². The molecule has 3 aromatic carbocycles. The monoisotopic (exact) mass is 302 g/mol. The molecule has 4 rings (SSSR count). The van der Waals surface area contributed by atoms with Gasteiger partial charge in [-0.3, -0.25) is 0 Å². The first-order chi connectivity index (χ1) is 11.3. The molecule has 0 aliphatic rings. The van der Waals surface area contributed by atoms with Crippen LogP contribution in [0.1, 0.15) is 10.4 Å². The number of benzene rings is 3. The highest BCUT2D eigenvalue weighted by atomic mass is 16.5. The van der Waals surface area contributed by atoms with Crippen molar-refractivity contribution in [2.24, 2.45) is 0 Å². The van der Waals surface area contributed by atoms with Gasteiger partial charge in [0.2, 0.25) is 0 Å². The second kappa shape index (κ2) is 5.29. The van der Waals surface area contributed by atoms with Gasteiger partial charge in [-0.05, 0) is 29.0 Å². The molecule has 0 amide bonds. The normalized spacial score (nSPS) is 11.0. The third-order valence-electron chi connectivity index (χ3n) is 4.01. The molecule has 0 spiro atoms. The molecule has 112 valence electrons. The van der Waals surface area contributed by atoms with Crippen molar-refractivity contribution >= 4 is 27.7 Å². The van der Waals surface area contributed by atoms with Gasteiger partial charge in [-0.2, -0.15) is 0 Å². The van der Waals surface area contributed by atoms with Crippen LogP contribution < -0.4 is 0 Å². The van der Waals surface area contributed by atoms with E-state index in [9.17, 15) is 4.79 Å². The van der Waals surface area contributed by atoms with Crippen molar-refractivity contribution in [2.45, 2.75) is 0 Å². The van der Waals surface area contributed by atoms with Crippen molar-refractivity contribution < 1.29 is 13.9 Å². The van der Waals surface area contributed by atoms with Crippen LogP contribution in [0.4, 0.5) is 0 Å². The number of hydrogen-bond donors (Lipinski definition) is 0. The van der Waals surface area contributed by atoms with Crippen LogP contribution in [0, 0.1) is 0 Å². The van der Waals surface area contributed by atoms with Crippen molar-refractivity contribution in [2.75, 3.05) is 7.11 Å². The van der Waals surface area contributed by atoms with E-state index in [-0.39, 0.29) is 5.97 Å². The lowest BCUT2D eigenvalue weighted by molar-refractivity contribution is 0.0603. The van der Waals surface area contributed by atoms with Crippen LogP contribution >= 0.6 is 0 Å². The predicted octanol–water partition coefficient (Wildman–Crippen LogP) is 5.04. The van der Waals surface area contributed by atoms with Crippen LogP contribution in [0.3, 0.4) is 0 Å². The van der Waals surface area contributed by atoms with Gasteiger partial charge >= 0.3 is 5.97 Å². The summed E-state index contributed by atoms with van der Waals surface area (Å²) in [4.78, 5) is 12.4. The topological polar surface area (TPSA) is 39.4 Å². The summed E-state index contributed by atoms with van der Waals surface area (Å²) in [7, 11) is 1.40. The number of methoxy groups -OCH3 is 1. The van der Waals surface area contributed by atoms with Gasteiger partial charge in [-0.25, -0.2) is 4.79 Å². The van der Waals surface area contributed by atoms with Gasteiger partial charge in [-0.15, -0.1) is 0 Å². The Morgan fingerprint density at radius 3 is 2.43 bits per heavy atom. The molecule has 1 heterocycles. The Morgan fingerprint density at radius 1 is 0.913 bits per heavy atom. The SMILES string of the molecule is COC(=O)c1c(-c2cc3ccccc3o2)ccc2ccccc12. The van der Waals surface area contributed by atoms with Gasteiger partial charge in [0, 0.05) is 10.9 Å². The van der Waals surface area contributed by atoms with Crippen molar-refractivity contribution in [3.05, 3.63) is 72.3 Å². The first-order valence-electron chi connectivity index (χ1n) is 7.37. The van der Waals surface area contributed by atoms with E-state index in [2.05, 4.69) is 0 Å². The fourth-order valence-corrected chi connectivity index (χ4v) is 2.91. The lowest BCUT2D eigenvalue weighted by atomic mass is 9.97. The fourth-order valence-electron chi connectivity index (χ4n) is 2.91. The second-order valence-corrected chi connectivity index (χ2v) is 5.35. The van der Waals surface area contributed by atoms with E-state index in [1.807, 2.05) is 66.7 Å². The van der Waals surface area contributed by atoms with Gasteiger partial charge in [0.25, 0.3) is 0 Å². The van der Waals surface area contributed by atoms with Crippen LogP contribution in [0.2, 0.25) is 0 Å². The highest BCUT2D eigenvalue weighted by Crippen LogP contribution is 2.34. The van der Waals surface area contributed by atoms with Crippen molar-refractivity contribution in [3.8, 4) is 11.3 Å². The Bertz CT molecular complexity index is 994. The third-order valence-corrected chi connectivity index (χ3v) is 4.01. The van der Waals surface area contributed by atoms with Crippen molar-refractivity contribution in [1.82, 2.24) is 0 Å². The van der Waals surface area contributed by atoms with E-state index in [0.29, 0.717) is 11.3 Å². The van der Waals surface area contributed by atoms with Crippen LogP contribution in [-0.2, 0) is 4.74 Å². The summed E-state index contributed by atoms with van der Waals surface area (Å²) in [5.41, 5.74) is 2.07. The van der Waals surface area contributed by atoms with E-state index in [1.165, 1.54) is 7.11 Å². The maximum absolute atomic E-state index is 12.4. The molecule has 3 nitrogen and oxygen atoms in total. The summed E-state index contributed by atoms with van der Waals surface area (Å²) in [6, 6.07) is 21.4. The zero-order valence-corrected chi connectivity index (χ0v) is 12.6. The molecule has 3 heteroatoms. The average Bonchev–Trinajstić information content (AvgIpc) is 3.04. The molecule has 0 aliphatic heterocycles. The summed E-state index contributed by atoms with van der Waals surface area (Å²) >= 11 is 0. The van der Waals surface area contributed by atoms with Gasteiger partial charge < -0.3 is 9.15 Å². The van der Waals surface area contributed by atoms with Crippen LogP contribution in [0.5, 0.6) is 0 Å². The molecule has 0 saturated heterocycles. The van der Waals surface area contributed by atoms with E-state index < -0.39 is 0 Å². The molecule has 0 fully saturated rings. The molecule has 4 aromatic rings. The summed E-state index contributed by atoms with van der Waals surface area (Å²) in [6.07, 6.45) is 0. The zero-order valence-electron chi connectivity index (χ0n) is 12.6. The van der Waals surface area contributed by atoms with E-state index in [4.69, 9.17) is 9.15 Å². The standard InChI is InChI=1S/C20H14O3/c1-22-20(21)19-15-8-4-2-6-13(15)10-11-16(19)18-12-14-7-3-5-9-17(14)23-18/h2-12H,1H3. The fraction of sp³-hybridized carbons (Fsp3) is 0.0500. The highest BCUT2D eigenvalue weighted by Gasteiger charge is 2.19. The molecule has 0 aliphatic carbocycles. The average molecular weight is 302 g/mol. The first-order valence-corrected chi connectivity index (χ1v) is 7.37. The number of carbonyl (C=O) groups excluding carboxylic acids is 1. The number of carbonyl (C=O) groups is 1. The Kier molecular flexibility index (Phi) is 3.12. The maximum atomic E-state index is 12.4. The molecule has 1 aromatic heterocycles. The largest absolute Gasteiger partial charge is 0.465 e. The molecule has 0 unspecified atom stereocenters. The molecule has 0 saturated carbocycles. The predicted molar refractivity (Wildman–Crippen MR) is 90.5 cm³/mol. The number of esters is 1. The number of para-hydroxylation sites is 1. The number of furan rings is 1. The van der Waals surface area contributed by atoms with Crippen LogP contribution in [0.25, 0.3) is 33.1 Å². The second-order valence-electron chi connectivity index (χ2n) is 5.35. The molecule has 0 radical (unpaired) electrons. The van der Waals surface area contributed by atoms with Crippen LogP contribution in [0.15, 0.2) is 71.1 Å². The van der Waals surface area contributed by atoms with Crippen LogP contribution in [-0.4, -0.2) is 13.1 Å². The Labute approximate surface area is 133 Å². The van der Waals surface area contributed by atoms with E-state index in [1.54, 1.807) is 0 Å². The molecular formula is C20H14O3. The minimum Gasteiger partial charge on any atom is -0.465 e. The summed E-state index contributed by atoms with van der Waals surface area (Å²) in [5.74, 6) is 0.301. The number of ether oxygens (including phenoxy) is 1.